The molecule has 0 aliphatic heterocycles. The number of ether oxygens (including phenoxy) is 1. The van der Waals surface area contributed by atoms with Gasteiger partial charge in [-0.15, -0.1) is 0 Å². The summed E-state index contributed by atoms with van der Waals surface area (Å²) in [5.74, 6) is 0.996. The second kappa shape index (κ2) is 8.11. The summed E-state index contributed by atoms with van der Waals surface area (Å²) in [5, 5.41) is 9.75. The van der Waals surface area contributed by atoms with Gasteiger partial charge in [0, 0.05) is 51.0 Å². The quantitative estimate of drug-likeness (QED) is 0.581. The Morgan fingerprint density at radius 2 is 2.00 bits per heavy atom. The van der Waals surface area contributed by atoms with Crippen molar-refractivity contribution in [3.63, 3.8) is 0 Å². The Labute approximate surface area is 160 Å². The van der Waals surface area contributed by atoms with Crippen LogP contribution in [0.3, 0.4) is 0 Å². The summed E-state index contributed by atoms with van der Waals surface area (Å²) in [6.45, 7) is 2.52. The summed E-state index contributed by atoms with van der Waals surface area (Å²) in [4.78, 5) is 2.16. The van der Waals surface area contributed by atoms with Gasteiger partial charge in [0.1, 0.15) is 0 Å². The van der Waals surface area contributed by atoms with Crippen molar-refractivity contribution >= 4 is 22.4 Å². The second-order valence-corrected chi connectivity index (χ2v) is 7.29. The van der Waals surface area contributed by atoms with Gasteiger partial charge in [-0.05, 0) is 49.1 Å². The number of nitrogens with zero attached hydrogens (tertiary/aromatic N) is 3. The molecule has 2 aromatic carbocycles. The molecule has 3 aromatic rings. The molecule has 1 aliphatic carbocycles. The van der Waals surface area contributed by atoms with Crippen LogP contribution in [0.5, 0.6) is 0 Å². The molecule has 1 saturated carbocycles. The highest BCUT2D eigenvalue weighted by Crippen LogP contribution is 2.31. The molecule has 1 N–H and O–H groups in total. The van der Waals surface area contributed by atoms with E-state index in [1.165, 1.54) is 29.3 Å². The molecule has 0 radical (unpaired) electrons. The van der Waals surface area contributed by atoms with Crippen molar-refractivity contribution in [2.24, 2.45) is 0 Å². The molecule has 1 heterocycles. The van der Waals surface area contributed by atoms with Gasteiger partial charge in [0.15, 0.2) is 5.82 Å². The van der Waals surface area contributed by atoms with E-state index in [0.29, 0.717) is 6.04 Å². The number of aromatic nitrogens is 2. The smallest absolute Gasteiger partial charge is 0.162 e. The topological polar surface area (TPSA) is 42.3 Å². The zero-order valence-corrected chi connectivity index (χ0v) is 16.2. The maximum atomic E-state index is 5.23. The number of fused-ring (bicyclic) bond motifs is 1. The summed E-state index contributed by atoms with van der Waals surface area (Å²) in [5.41, 5.74) is 3.65. The van der Waals surface area contributed by atoms with Crippen LogP contribution in [0.1, 0.15) is 24.8 Å². The van der Waals surface area contributed by atoms with E-state index in [-0.39, 0.29) is 0 Å². The molecule has 142 valence electrons. The lowest BCUT2D eigenvalue weighted by atomic mass is 10.1. The lowest BCUT2D eigenvalue weighted by Gasteiger charge is -2.16. The molecule has 0 bridgehead atoms. The Morgan fingerprint density at radius 3 is 2.74 bits per heavy atom. The highest BCUT2D eigenvalue weighted by atomic mass is 16.5. The van der Waals surface area contributed by atoms with E-state index in [4.69, 9.17) is 9.84 Å². The first kappa shape index (κ1) is 18.0. The monoisotopic (exact) mass is 364 g/mol. The molecule has 5 nitrogen and oxygen atoms in total. The standard InChI is InChI=1S/C22H28N4O/c1-25(19-7-4-3-5-8-19)22-20-12-9-17(16-23-18-10-11-18)15-21(20)26(24-22)13-6-14-27-2/h3-5,7-9,12,15,18,23H,6,10-11,13-14,16H2,1-2H3. The van der Waals surface area contributed by atoms with Crippen LogP contribution < -0.4 is 10.2 Å². The third kappa shape index (κ3) is 4.15. The molecular weight excluding hydrogens is 336 g/mol. The average Bonchev–Trinajstić information content (AvgIpc) is 3.48. The molecule has 0 amide bonds. The van der Waals surface area contributed by atoms with Gasteiger partial charge in [0.25, 0.3) is 0 Å². The molecule has 1 aliphatic rings. The number of hydrogen-bond acceptors (Lipinski definition) is 4. The molecule has 0 unspecified atom stereocenters. The van der Waals surface area contributed by atoms with Crippen molar-refractivity contribution in [2.45, 2.75) is 38.4 Å². The number of nitrogens with one attached hydrogen (secondary N) is 1. The molecule has 0 atom stereocenters. The van der Waals surface area contributed by atoms with Crippen molar-refractivity contribution in [3.8, 4) is 0 Å². The first-order chi connectivity index (χ1) is 13.3. The minimum absolute atomic E-state index is 0.715. The molecular formula is C22H28N4O. The normalized spacial score (nSPS) is 14.0. The first-order valence-corrected chi connectivity index (χ1v) is 9.77. The maximum absolute atomic E-state index is 5.23. The van der Waals surface area contributed by atoms with Gasteiger partial charge in [-0.2, -0.15) is 5.10 Å². The van der Waals surface area contributed by atoms with Gasteiger partial charge in [-0.3, -0.25) is 4.68 Å². The molecule has 4 rings (SSSR count). The van der Waals surface area contributed by atoms with Crippen molar-refractivity contribution in [3.05, 3.63) is 54.1 Å². The molecule has 27 heavy (non-hydrogen) atoms. The summed E-state index contributed by atoms with van der Waals surface area (Å²) in [6, 6.07) is 17.8. The Hall–Kier alpha value is -2.37. The SMILES string of the molecule is COCCCn1nc(N(C)c2ccccc2)c2ccc(CNC3CC3)cc21. The molecule has 0 saturated heterocycles. The van der Waals surface area contributed by atoms with Crippen LogP contribution in [-0.4, -0.2) is 36.6 Å². The van der Waals surface area contributed by atoms with E-state index in [2.05, 4.69) is 64.4 Å². The molecule has 5 heteroatoms. The van der Waals surface area contributed by atoms with Crippen molar-refractivity contribution in [1.82, 2.24) is 15.1 Å². The number of hydrogen-bond donors (Lipinski definition) is 1. The fourth-order valence-electron chi connectivity index (χ4n) is 3.41. The Morgan fingerprint density at radius 1 is 1.19 bits per heavy atom. The van der Waals surface area contributed by atoms with Crippen LogP contribution in [0.4, 0.5) is 11.5 Å². The van der Waals surface area contributed by atoms with Crippen molar-refractivity contribution < 1.29 is 4.74 Å². The van der Waals surface area contributed by atoms with Gasteiger partial charge < -0.3 is 15.0 Å². The Bertz CT molecular complexity index is 886. The molecule has 1 aromatic heterocycles. The van der Waals surface area contributed by atoms with Gasteiger partial charge >= 0.3 is 0 Å². The minimum atomic E-state index is 0.715. The number of para-hydroxylation sites is 1. The van der Waals surface area contributed by atoms with Crippen LogP contribution in [0, 0.1) is 0 Å². The maximum Gasteiger partial charge on any atom is 0.162 e. The number of anilines is 2. The van der Waals surface area contributed by atoms with Crippen LogP contribution in [-0.2, 0) is 17.8 Å². The van der Waals surface area contributed by atoms with E-state index in [9.17, 15) is 0 Å². The Balaban J connectivity index is 1.67. The van der Waals surface area contributed by atoms with Crippen molar-refractivity contribution in [2.75, 3.05) is 25.7 Å². The van der Waals surface area contributed by atoms with Crippen LogP contribution in [0.25, 0.3) is 10.9 Å². The van der Waals surface area contributed by atoms with Crippen LogP contribution >= 0.6 is 0 Å². The third-order valence-corrected chi connectivity index (χ3v) is 5.15. The van der Waals surface area contributed by atoms with Gasteiger partial charge in [0.05, 0.1) is 5.52 Å². The number of aryl methyl sites for hydroxylation is 1. The molecule has 0 spiro atoms. The highest BCUT2D eigenvalue weighted by molar-refractivity contribution is 5.93. The highest BCUT2D eigenvalue weighted by Gasteiger charge is 2.20. The fourth-order valence-corrected chi connectivity index (χ4v) is 3.41. The number of methoxy groups -OCH3 is 1. The second-order valence-electron chi connectivity index (χ2n) is 7.29. The first-order valence-electron chi connectivity index (χ1n) is 9.77. The summed E-state index contributed by atoms with van der Waals surface area (Å²) < 4.78 is 7.36. The van der Waals surface area contributed by atoms with E-state index in [0.717, 1.165) is 37.6 Å². The Kier molecular flexibility index (Phi) is 5.41. The van der Waals surface area contributed by atoms with Crippen LogP contribution in [0.15, 0.2) is 48.5 Å². The predicted molar refractivity (Wildman–Crippen MR) is 111 cm³/mol. The summed E-state index contributed by atoms with van der Waals surface area (Å²) in [7, 11) is 3.83. The van der Waals surface area contributed by atoms with E-state index in [1.54, 1.807) is 7.11 Å². The predicted octanol–water partition coefficient (Wildman–Crippen LogP) is 4.09. The fraction of sp³-hybridized carbons (Fsp3) is 0.409. The largest absolute Gasteiger partial charge is 0.385 e. The van der Waals surface area contributed by atoms with Gasteiger partial charge in [0.2, 0.25) is 0 Å². The van der Waals surface area contributed by atoms with Crippen molar-refractivity contribution in [1.29, 1.82) is 0 Å². The van der Waals surface area contributed by atoms with Gasteiger partial charge in [-0.1, -0.05) is 24.3 Å². The lowest BCUT2D eigenvalue weighted by molar-refractivity contribution is 0.189. The van der Waals surface area contributed by atoms with E-state index in [1.807, 2.05) is 6.07 Å². The van der Waals surface area contributed by atoms with Gasteiger partial charge in [-0.25, -0.2) is 0 Å². The van der Waals surface area contributed by atoms with E-state index < -0.39 is 0 Å². The average molecular weight is 364 g/mol. The number of benzene rings is 2. The number of rotatable bonds is 9. The van der Waals surface area contributed by atoms with E-state index >= 15 is 0 Å². The summed E-state index contributed by atoms with van der Waals surface area (Å²) in [6.07, 6.45) is 3.57. The van der Waals surface area contributed by atoms with Crippen LogP contribution in [0.2, 0.25) is 0 Å². The minimum Gasteiger partial charge on any atom is -0.385 e. The molecule has 1 fully saturated rings. The zero-order chi connectivity index (χ0) is 18.6. The third-order valence-electron chi connectivity index (χ3n) is 5.15. The zero-order valence-electron chi connectivity index (χ0n) is 16.2. The lowest BCUT2D eigenvalue weighted by Crippen LogP contribution is -2.15. The summed E-state index contributed by atoms with van der Waals surface area (Å²) >= 11 is 0.